The van der Waals surface area contributed by atoms with Crippen LogP contribution in [0.1, 0.15) is 11.3 Å². The van der Waals surface area contributed by atoms with Gasteiger partial charge in [0.1, 0.15) is 6.07 Å². The molecule has 6 nitrogen and oxygen atoms in total. The first kappa shape index (κ1) is 24.2. The van der Waals surface area contributed by atoms with E-state index in [9.17, 15) is 0 Å². The van der Waals surface area contributed by atoms with Crippen molar-refractivity contribution in [2.75, 3.05) is 0 Å². The van der Waals surface area contributed by atoms with Crippen LogP contribution >= 0.6 is 15.9 Å². The molecule has 2 aromatic rings. The Kier molecular flexibility index (Phi) is 14.3. The van der Waals surface area contributed by atoms with Crippen LogP contribution in [0.2, 0.25) is 0 Å². The molecule has 9 heteroatoms. The number of carbonyl (C=O) groups is 1. The molecule has 0 saturated carbocycles. The summed E-state index contributed by atoms with van der Waals surface area (Å²) in [5.74, 6) is 0. The third-order valence-electron chi connectivity index (χ3n) is 2.16. The maximum Gasteiger partial charge on any atom is 1.00 e. The van der Waals surface area contributed by atoms with Gasteiger partial charge in [-0.15, -0.1) is 0 Å². The van der Waals surface area contributed by atoms with E-state index >= 15 is 0 Å². The van der Waals surface area contributed by atoms with E-state index in [-0.39, 0.29) is 103 Å². The molecule has 0 saturated heterocycles. The Balaban J connectivity index is 0. The molecule has 0 N–H and O–H groups in total. The third kappa shape index (κ3) is 8.38. The van der Waals surface area contributed by atoms with Crippen molar-refractivity contribution in [1.29, 1.82) is 5.26 Å². The zero-order valence-electron chi connectivity index (χ0n) is 11.8. The standard InChI is InChI=1S/C11H8BrN3.CH2O3.2K/c1-8-6-14-7-15(8)11-3-2-10(12)4-9(11)5-13;2-1(3)4;;/h2-4,6-7H,1H3;(H2,2,3,4);;/q;;2*+1/p-2. The average molecular weight is 400 g/mol. The molecule has 0 amide bonds. The summed E-state index contributed by atoms with van der Waals surface area (Å²) >= 11 is 3.34. The fourth-order valence-corrected chi connectivity index (χ4v) is 1.78. The second-order valence-corrected chi connectivity index (χ2v) is 4.34. The molecular formula is C12H8BrK2N3O3. The summed E-state index contributed by atoms with van der Waals surface area (Å²) in [6.45, 7) is 1.95. The molecule has 0 aliphatic rings. The van der Waals surface area contributed by atoms with Crippen LogP contribution in [0.3, 0.4) is 0 Å². The number of nitriles is 1. The van der Waals surface area contributed by atoms with Gasteiger partial charge in [-0.2, -0.15) is 5.26 Å². The van der Waals surface area contributed by atoms with E-state index in [1.54, 1.807) is 18.6 Å². The maximum atomic E-state index is 9.03. The van der Waals surface area contributed by atoms with Gasteiger partial charge in [-0.1, -0.05) is 15.9 Å². The van der Waals surface area contributed by atoms with Crippen molar-refractivity contribution >= 4 is 22.1 Å². The average Bonchev–Trinajstić information content (AvgIpc) is 2.74. The third-order valence-corrected chi connectivity index (χ3v) is 2.66. The summed E-state index contributed by atoms with van der Waals surface area (Å²) in [5, 5.41) is 25.7. The molecular weight excluding hydrogens is 392 g/mol. The van der Waals surface area contributed by atoms with Gasteiger partial charge in [-0.05, 0) is 31.3 Å². The summed E-state index contributed by atoms with van der Waals surface area (Å²) in [6, 6.07) is 7.79. The molecule has 0 aliphatic carbocycles. The number of rotatable bonds is 1. The predicted octanol–water partition coefficient (Wildman–Crippen LogP) is -5.62. The number of aryl methyl sites for hydroxylation is 1. The largest absolute Gasteiger partial charge is 1.00 e. The number of aromatic nitrogens is 2. The summed E-state index contributed by atoms with van der Waals surface area (Å²) in [6.07, 6.45) is 1.14. The van der Waals surface area contributed by atoms with E-state index in [1.165, 1.54) is 0 Å². The number of carboxylic acid groups (broad SMARTS) is 2. The Labute approximate surface area is 215 Å². The Hall–Kier alpha value is 0.943. The number of benzene rings is 1. The zero-order chi connectivity index (χ0) is 14.4. The van der Waals surface area contributed by atoms with E-state index in [0.717, 1.165) is 15.9 Å². The van der Waals surface area contributed by atoms with Gasteiger partial charge in [-0.25, -0.2) is 4.98 Å². The fraction of sp³-hybridized carbons (Fsp3) is 0.0833. The smallest absolute Gasteiger partial charge is 0.652 e. The fourth-order valence-electron chi connectivity index (χ4n) is 1.42. The molecule has 1 aromatic carbocycles. The van der Waals surface area contributed by atoms with E-state index in [1.807, 2.05) is 23.6 Å². The van der Waals surface area contributed by atoms with Crippen LogP contribution in [0.4, 0.5) is 4.79 Å². The molecule has 1 heterocycles. The topological polar surface area (TPSA) is 105 Å². The Bertz CT molecular complexity index is 637. The SMILES string of the molecule is Cc1cncn1-c1ccc(Br)cc1C#N.O=C([O-])[O-].[K+].[K+]. The van der Waals surface area contributed by atoms with Crippen LogP contribution in [0, 0.1) is 18.3 Å². The summed E-state index contributed by atoms with van der Waals surface area (Å²) in [4.78, 5) is 12.4. The number of nitrogens with zero attached hydrogens (tertiary/aromatic N) is 3. The van der Waals surface area contributed by atoms with Crippen molar-refractivity contribution in [3.63, 3.8) is 0 Å². The molecule has 0 bridgehead atoms. The van der Waals surface area contributed by atoms with Crippen molar-refractivity contribution in [3.05, 3.63) is 46.5 Å². The van der Waals surface area contributed by atoms with Crippen molar-refractivity contribution in [2.45, 2.75) is 6.92 Å². The first-order valence-electron chi connectivity index (χ1n) is 5.02. The molecule has 2 rings (SSSR count). The van der Waals surface area contributed by atoms with Crippen molar-refractivity contribution in [2.24, 2.45) is 0 Å². The maximum absolute atomic E-state index is 9.03. The van der Waals surface area contributed by atoms with Crippen LogP contribution in [0.15, 0.2) is 35.2 Å². The molecule has 0 unspecified atom stereocenters. The molecule has 0 spiro atoms. The molecule has 98 valence electrons. The minimum Gasteiger partial charge on any atom is -0.652 e. The van der Waals surface area contributed by atoms with Gasteiger partial charge in [0, 0.05) is 16.4 Å². The van der Waals surface area contributed by atoms with Crippen LogP contribution in [0.25, 0.3) is 5.69 Å². The Morgan fingerprint density at radius 1 is 1.38 bits per heavy atom. The summed E-state index contributed by atoms with van der Waals surface area (Å²) < 4.78 is 2.80. The number of carbonyl (C=O) groups excluding carboxylic acids is 1. The minimum absolute atomic E-state index is 0. The Morgan fingerprint density at radius 2 is 1.95 bits per heavy atom. The number of hydrogen-bond donors (Lipinski definition) is 0. The zero-order valence-corrected chi connectivity index (χ0v) is 19.7. The monoisotopic (exact) mass is 399 g/mol. The quantitative estimate of drug-likeness (QED) is 0.444. The second-order valence-electron chi connectivity index (χ2n) is 3.43. The van der Waals surface area contributed by atoms with Crippen LogP contribution < -0.4 is 113 Å². The first-order valence-corrected chi connectivity index (χ1v) is 5.82. The van der Waals surface area contributed by atoms with Gasteiger partial charge in [-0.3, -0.25) is 0 Å². The van der Waals surface area contributed by atoms with Gasteiger partial charge in [0.2, 0.25) is 0 Å². The van der Waals surface area contributed by atoms with Crippen LogP contribution in [0.5, 0.6) is 0 Å². The normalized spacial score (nSPS) is 8.24. The van der Waals surface area contributed by atoms with Crippen molar-refractivity contribution in [3.8, 4) is 11.8 Å². The van der Waals surface area contributed by atoms with E-state index in [0.29, 0.717) is 5.56 Å². The molecule has 0 aliphatic heterocycles. The van der Waals surface area contributed by atoms with Crippen LogP contribution in [-0.4, -0.2) is 15.7 Å². The molecule has 0 radical (unpaired) electrons. The molecule has 0 atom stereocenters. The van der Waals surface area contributed by atoms with Gasteiger partial charge in [0.05, 0.1) is 17.6 Å². The Morgan fingerprint density at radius 3 is 2.38 bits per heavy atom. The van der Waals surface area contributed by atoms with E-state index in [4.69, 9.17) is 20.3 Å². The van der Waals surface area contributed by atoms with Gasteiger partial charge < -0.3 is 19.6 Å². The van der Waals surface area contributed by atoms with Gasteiger partial charge in [0.15, 0.2) is 0 Å². The van der Waals surface area contributed by atoms with Gasteiger partial charge >= 0.3 is 103 Å². The summed E-state index contributed by atoms with van der Waals surface area (Å²) in [5.41, 5.74) is 2.50. The van der Waals surface area contributed by atoms with Crippen molar-refractivity contribution in [1.82, 2.24) is 9.55 Å². The van der Waals surface area contributed by atoms with Crippen molar-refractivity contribution < 1.29 is 118 Å². The number of halogens is 1. The van der Waals surface area contributed by atoms with Crippen LogP contribution in [-0.2, 0) is 0 Å². The second kappa shape index (κ2) is 12.4. The molecule has 21 heavy (non-hydrogen) atoms. The summed E-state index contributed by atoms with van der Waals surface area (Å²) in [7, 11) is 0. The molecule has 1 aromatic heterocycles. The number of imidazole rings is 1. The van der Waals surface area contributed by atoms with Gasteiger partial charge in [0.25, 0.3) is 0 Å². The number of hydrogen-bond acceptors (Lipinski definition) is 5. The first-order chi connectivity index (χ1) is 8.95. The molecule has 0 fully saturated rings. The minimum atomic E-state index is -2.33. The van der Waals surface area contributed by atoms with E-state index in [2.05, 4.69) is 27.0 Å². The predicted molar refractivity (Wildman–Crippen MR) is 66.1 cm³/mol. The van der Waals surface area contributed by atoms with E-state index < -0.39 is 6.16 Å².